The molecule has 1 heterocycles. The summed E-state index contributed by atoms with van der Waals surface area (Å²) in [5, 5.41) is 6.08. The lowest BCUT2D eigenvalue weighted by atomic mass is 10.2. The molecule has 1 unspecified atom stereocenters. The van der Waals surface area contributed by atoms with E-state index in [2.05, 4.69) is 50.9 Å². The van der Waals surface area contributed by atoms with Gasteiger partial charge in [-0.2, -0.15) is 0 Å². The number of aliphatic imine (C=N–C) groups is 1. The van der Waals surface area contributed by atoms with Crippen molar-refractivity contribution in [3.05, 3.63) is 30.3 Å². The Bertz CT molecular complexity index is 616. The van der Waals surface area contributed by atoms with Crippen molar-refractivity contribution in [2.75, 3.05) is 39.0 Å². The van der Waals surface area contributed by atoms with E-state index < -0.39 is 11.7 Å². The summed E-state index contributed by atoms with van der Waals surface area (Å²) in [6.07, 6.45) is 0.787. The van der Waals surface area contributed by atoms with Crippen molar-refractivity contribution in [1.29, 1.82) is 0 Å². The zero-order chi connectivity index (χ0) is 19.7. The molecule has 27 heavy (non-hydrogen) atoms. The fraction of sp³-hybridized carbons (Fsp3) is 0.600. The van der Waals surface area contributed by atoms with Crippen LogP contribution in [0.5, 0.6) is 0 Å². The minimum Gasteiger partial charge on any atom is -0.444 e. The maximum Gasteiger partial charge on any atom is 0.407 e. The molecule has 1 aliphatic rings. The number of hydrogen-bond acceptors (Lipinski definition) is 4. The highest BCUT2D eigenvalue weighted by Crippen LogP contribution is 2.25. The second-order valence-electron chi connectivity index (χ2n) is 7.63. The van der Waals surface area contributed by atoms with Crippen LogP contribution in [0, 0.1) is 5.92 Å². The fourth-order valence-corrected chi connectivity index (χ4v) is 3.93. The Kier molecular flexibility index (Phi) is 8.28. The van der Waals surface area contributed by atoms with E-state index in [1.54, 1.807) is 7.05 Å². The predicted octanol–water partition coefficient (Wildman–Crippen LogP) is 3.20. The number of rotatable bonds is 6. The molecule has 0 saturated carbocycles. The number of guanidine groups is 1. The monoisotopic (exact) mass is 392 g/mol. The molecular weight excluding hydrogens is 360 g/mol. The second-order valence-corrected chi connectivity index (χ2v) is 8.72. The van der Waals surface area contributed by atoms with Gasteiger partial charge in [-0.25, -0.2) is 4.79 Å². The minimum absolute atomic E-state index is 0.390. The van der Waals surface area contributed by atoms with E-state index in [-0.39, 0.29) is 0 Å². The summed E-state index contributed by atoms with van der Waals surface area (Å²) < 4.78 is 5.23. The summed E-state index contributed by atoms with van der Waals surface area (Å²) in [5.74, 6) is 2.68. The summed E-state index contributed by atoms with van der Waals surface area (Å²) in [6.45, 7) is 8.70. The third-order valence-corrected chi connectivity index (χ3v) is 5.35. The normalized spacial score (nSPS) is 17.7. The number of benzene rings is 1. The van der Waals surface area contributed by atoms with E-state index in [1.807, 2.05) is 32.5 Å². The van der Waals surface area contributed by atoms with Crippen LogP contribution in [0.3, 0.4) is 0 Å². The van der Waals surface area contributed by atoms with Crippen molar-refractivity contribution in [2.45, 2.75) is 37.7 Å². The largest absolute Gasteiger partial charge is 0.444 e. The van der Waals surface area contributed by atoms with E-state index in [1.165, 1.54) is 11.3 Å². The van der Waals surface area contributed by atoms with Crippen LogP contribution in [0.1, 0.15) is 27.2 Å². The number of likely N-dealkylation sites (tertiary alicyclic amines) is 1. The van der Waals surface area contributed by atoms with Crippen molar-refractivity contribution >= 4 is 23.8 Å². The molecule has 1 saturated heterocycles. The highest BCUT2D eigenvalue weighted by molar-refractivity contribution is 7.99. The smallest absolute Gasteiger partial charge is 0.407 e. The van der Waals surface area contributed by atoms with E-state index in [9.17, 15) is 4.79 Å². The van der Waals surface area contributed by atoms with Crippen molar-refractivity contribution in [2.24, 2.45) is 10.9 Å². The quantitative estimate of drug-likeness (QED) is 0.337. The SMILES string of the molecule is CN=C(NCCNC(=O)OC(C)(C)C)N1CCC(CSc2ccccc2)C1. The van der Waals surface area contributed by atoms with Crippen LogP contribution >= 0.6 is 11.8 Å². The van der Waals surface area contributed by atoms with Gasteiger partial charge in [0.15, 0.2) is 5.96 Å². The van der Waals surface area contributed by atoms with Gasteiger partial charge in [0.2, 0.25) is 0 Å². The summed E-state index contributed by atoms with van der Waals surface area (Å²) in [4.78, 5) is 19.7. The number of nitrogens with one attached hydrogen (secondary N) is 2. The van der Waals surface area contributed by atoms with Crippen LogP contribution < -0.4 is 10.6 Å². The van der Waals surface area contributed by atoms with Gasteiger partial charge in [-0.1, -0.05) is 18.2 Å². The molecule has 0 aromatic heterocycles. The Labute approximate surface area is 167 Å². The van der Waals surface area contributed by atoms with Crippen LogP contribution in [-0.4, -0.2) is 61.5 Å². The topological polar surface area (TPSA) is 66.0 Å². The predicted molar refractivity (Wildman–Crippen MR) is 112 cm³/mol. The average Bonchev–Trinajstić information content (AvgIpc) is 3.08. The molecule has 2 rings (SSSR count). The van der Waals surface area contributed by atoms with Gasteiger partial charge >= 0.3 is 6.09 Å². The number of amides is 1. The fourth-order valence-electron chi connectivity index (χ4n) is 2.88. The maximum atomic E-state index is 11.7. The Balaban J connectivity index is 1.66. The van der Waals surface area contributed by atoms with Crippen LogP contribution in [0.15, 0.2) is 40.2 Å². The molecule has 0 aliphatic carbocycles. The highest BCUT2D eigenvalue weighted by atomic mass is 32.2. The van der Waals surface area contributed by atoms with Gasteiger partial charge in [-0.05, 0) is 45.2 Å². The maximum absolute atomic E-state index is 11.7. The number of carbonyl (C=O) groups excluding carboxylic acids is 1. The van der Waals surface area contributed by atoms with Gasteiger partial charge < -0.3 is 20.3 Å². The molecule has 0 spiro atoms. The zero-order valence-electron chi connectivity index (χ0n) is 16.8. The Morgan fingerprint density at radius 2 is 1.96 bits per heavy atom. The van der Waals surface area contributed by atoms with Crippen LogP contribution in [0.2, 0.25) is 0 Å². The molecule has 1 fully saturated rings. The van der Waals surface area contributed by atoms with Gasteiger partial charge in [0.05, 0.1) is 0 Å². The summed E-state index contributed by atoms with van der Waals surface area (Å²) in [7, 11) is 1.80. The van der Waals surface area contributed by atoms with Gasteiger partial charge in [0, 0.05) is 43.9 Å². The van der Waals surface area contributed by atoms with Crippen LogP contribution in [0.4, 0.5) is 4.79 Å². The highest BCUT2D eigenvalue weighted by Gasteiger charge is 2.24. The third-order valence-electron chi connectivity index (χ3n) is 4.10. The van der Waals surface area contributed by atoms with Gasteiger partial charge in [-0.3, -0.25) is 4.99 Å². The Morgan fingerprint density at radius 3 is 2.63 bits per heavy atom. The number of hydrogen-bond donors (Lipinski definition) is 2. The molecule has 0 radical (unpaired) electrons. The number of alkyl carbamates (subject to hydrolysis) is 1. The number of thioether (sulfide) groups is 1. The molecule has 1 atom stereocenters. The first-order valence-corrected chi connectivity index (χ1v) is 10.5. The first-order valence-electron chi connectivity index (χ1n) is 9.47. The molecule has 6 nitrogen and oxygen atoms in total. The Morgan fingerprint density at radius 1 is 1.26 bits per heavy atom. The van der Waals surface area contributed by atoms with E-state index in [0.717, 1.165) is 24.8 Å². The number of ether oxygens (including phenoxy) is 1. The van der Waals surface area contributed by atoms with E-state index in [4.69, 9.17) is 4.74 Å². The number of nitrogens with zero attached hydrogens (tertiary/aromatic N) is 2. The number of carbonyl (C=O) groups is 1. The Hall–Kier alpha value is -1.89. The zero-order valence-corrected chi connectivity index (χ0v) is 17.6. The lowest BCUT2D eigenvalue weighted by Gasteiger charge is -2.22. The lowest BCUT2D eigenvalue weighted by molar-refractivity contribution is 0.0529. The molecule has 0 bridgehead atoms. The molecule has 1 aromatic rings. The van der Waals surface area contributed by atoms with E-state index >= 15 is 0 Å². The van der Waals surface area contributed by atoms with Gasteiger partial charge in [0.25, 0.3) is 0 Å². The van der Waals surface area contributed by atoms with E-state index in [0.29, 0.717) is 19.0 Å². The van der Waals surface area contributed by atoms with Gasteiger partial charge in [-0.15, -0.1) is 11.8 Å². The molecule has 2 N–H and O–H groups in total. The molecule has 1 amide bonds. The molecule has 1 aliphatic heterocycles. The molecule has 150 valence electrons. The molecule has 1 aromatic carbocycles. The van der Waals surface area contributed by atoms with Crippen LogP contribution in [0.25, 0.3) is 0 Å². The van der Waals surface area contributed by atoms with Gasteiger partial charge in [0.1, 0.15) is 5.60 Å². The summed E-state index contributed by atoms with van der Waals surface area (Å²) in [5.41, 5.74) is -0.476. The average molecular weight is 393 g/mol. The van der Waals surface area contributed by atoms with Crippen molar-refractivity contribution in [3.63, 3.8) is 0 Å². The second kappa shape index (κ2) is 10.4. The first-order chi connectivity index (χ1) is 12.9. The lowest BCUT2D eigenvalue weighted by Crippen LogP contribution is -2.44. The van der Waals surface area contributed by atoms with Crippen LogP contribution in [-0.2, 0) is 4.74 Å². The summed E-state index contributed by atoms with van der Waals surface area (Å²) >= 11 is 1.92. The van der Waals surface area contributed by atoms with Crippen molar-refractivity contribution < 1.29 is 9.53 Å². The molecule has 7 heteroatoms. The standard InChI is InChI=1S/C20H32N4O2S/c1-20(2,3)26-19(25)23-12-11-22-18(21-4)24-13-10-16(14-24)15-27-17-8-6-5-7-9-17/h5-9,16H,10-15H2,1-4H3,(H,21,22)(H,23,25). The van der Waals surface area contributed by atoms with Crippen molar-refractivity contribution in [1.82, 2.24) is 15.5 Å². The van der Waals surface area contributed by atoms with Crippen molar-refractivity contribution in [3.8, 4) is 0 Å². The summed E-state index contributed by atoms with van der Waals surface area (Å²) in [6, 6.07) is 10.5. The minimum atomic E-state index is -0.476. The third kappa shape index (κ3) is 8.12. The molecular formula is C20H32N4O2S. The first kappa shape index (κ1) is 21.4.